The molecule has 0 saturated heterocycles. The van der Waals surface area contributed by atoms with Gasteiger partial charge < -0.3 is 15.5 Å². The van der Waals surface area contributed by atoms with Gasteiger partial charge in [0.25, 0.3) is 5.91 Å². The van der Waals surface area contributed by atoms with Gasteiger partial charge in [0.15, 0.2) is 0 Å². The van der Waals surface area contributed by atoms with Crippen LogP contribution in [-0.2, 0) is 0 Å². The number of carbonyl (C=O) groups excluding carboxylic acids is 1. The fourth-order valence-electron chi connectivity index (χ4n) is 2.03. The molecule has 5 nitrogen and oxygen atoms in total. The van der Waals surface area contributed by atoms with Gasteiger partial charge in [0.2, 0.25) is 0 Å². The number of anilines is 1. The summed E-state index contributed by atoms with van der Waals surface area (Å²) in [6.45, 7) is 0. The second-order valence-corrected chi connectivity index (χ2v) is 4.51. The summed E-state index contributed by atoms with van der Waals surface area (Å²) in [6.07, 6.45) is 0. The number of nitrogens with one attached hydrogen (secondary N) is 1. The number of hydrogen-bond acceptors (Lipinski definition) is 4. The molecule has 0 spiro atoms. The standard InChI is InChI=1S/C16H12N2O3/c19-13-6-3-7-14(20)15(13)18-16(21)12-9-8-10-4-1-2-5-11(10)17-12/h1-9,19-20H,(H,18,21). The molecule has 5 heteroatoms. The molecule has 1 amide bonds. The number of carbonyl (C=O) groups is 1. The topological polar surface area (TPSA) is 82.5 Å². The first-order valence-electron chi connectivity index (χ1n) is 6.33. The molecule has 0 atom stereocenters. The molecular weight excluding hydrogens is 268 g/mol. The second-order valence-electron chi connectivity index (χ2n) is 4.51. The Hall–Kier alpha value is -3.08. The average Bonchev–Trinajstić information content (AvgIpc) is 2.50. The number of rotatable bonds is 2. The minimum Gasteiger partial charge on any atom is -0.506 e. The van der Waals surface area contributed by atoms with Crippen molar-refractivity contribution in [3.8, 4) is 11.5 Å². The Balaban J connectivity index is 1.94. The van der Waals surface area contributed by atoms with E-state index in [0.717, 1.165) is 5.39 Å². The van der Waals surface area contributed by atoms with Crippen LogP contribution in [0, 0.1) is 0 Å². The molecule has 2 aromatic carbocycles. The fourth-order valence-corrected chi connectivity index (χ4v) is 2.03. The van der Waals surface area contributed by atoms with Gasteiger partial charge in [-0.1, -0.05) is 30.3 Å². The van der Waals surface area contributed by atoms with E-state index in [2.05, 4.69) is 10.3 Å². The number of aromatic nitrogens is 1. The number of para-hydroxylation sites is 2. The Morgan fingerprint density at radius 2 is 1.62 bits per heavy atom. The summed E-state index contributed by atoms with van der Waals surface area (Å²) in [6, 6.07) is 15.1. The highest BCUT2D eigenvalue weighted by Crippen LogP contribution is 2.32. The van der Waals surface area contributed by atoms with Gasteiger partial charge in [0.05, 0.1) is 5.52 Å². The molecule has 0 fully saturated rings. The molecule has 3 N–H and O–H groups in total. The van der Waals surface area contributed by atoms with Crippen molar-refractivity contribution in [2.24, 2.45) is 0 Å². The quantitative estimate of drug-likeness (QED) is 0.630. The Bertz CT molecular complexity index is 810. The van der Waals surface area contributed by atoms with E-state index in [-0.39, 0.29) is 22.9 Å². The number of benzene rings is 2. The third-order valence-corrected chi connectivity index (χ3v) is 3.09. The summed E-state index contributed by atoms with van der Waals surface area (Å²) in [7, 11) is 0. The molecule has 0 saturated carbocycles. The zero-order valence-electron chi connectivity index (χ0n) is 10.9. The van der Waals surface area contributed by atoms with E-state index < -0.39 is 5.91 Å². The number of pyridine rings is 1. The first-order chi connectivity index (χ1) is 10.1. The van der Waals surface area contributed by atoms with E-state index in [1.807, 2.05) is 24.3 Å². The van der Waals surface area contributed by atoms with Gasteiger partial charge >= 0.3 is 0 Å². The van der Waals surface area contributed by atoms with Crippen molar-refractivity contribution in [1.82, 2.24) is 4.98 Å². The predicted molar refractivity (Wildman–Crippen MR) is 79.5 cm³/mol. The van der Waals surface area contributed by atoms with E-state index >= 15 is 0 Å². The van der Waals surface area contributed by atoms with Crippen molar-refractivity contribution in [2.75, 3.05) is 5.32 Å². The van der Waals surface area contributed by atoms with E-state index in [1.165, 1.54) is 18.2 Å². The Morgan fingerprint density at radius 3 is 2.38 bits per heavy atom. The van der Waals surface area contributed by atoms with Gasteiger partial charge in [-0.2, -0.15) is 0 Å². The fraction of sp³-hybridized carbons (Fsp3) is 0. The van der Waals surface area contributed by atoms with Gasteiger partial charge in [-0.05, 0) is 24.3 Å². The number of phenolic OH excluding ortho intramolecular Hbond substituents is 2. The smallest absolute Gasteiger partial charge is 0.274 e. The SMILES string of the molecule is O=C(Nc1c(O)cccc1O)c1ccc2ccccc2n1. The lowest BCUT2D eigenvalue weighted by molar-refractivity contribution is 0.102. The van der Waals surface area contributed by atoms with Gasteiger partial charge in [0, 0.05) is 5.39 Å². The second kappa shape index (κ2) is 5.13. The van der Waals surface area contributed by atoms with Crippen LogP contribution >= 0.6 is 0 Å². The largest absolute Gasteiger partial charge is 0.506 e. The summed E-state index contributed by atoms with van der Waals surface area (Å²) >= 11 is 0. The van der Waals surface area contributed by atoms with Crippen LogP contribution in [0.4, 0.5) is 5.69 Å². The Kier molecular flexibility index (Phi) is 3.16. The molecule has 0 unspecified atom stereocenters. The van der Waals surface area contributed by atoms with Crippen LogP contribution in [0.15, 0.2) is 54.6 Å². The van der Waals surface area contributed by atoms with E-state index in [1.54, 1.807) is 12.1 Å². The minimum absolute atomic E-state index is 0.0301. The maximum Gasteiger partial charge on any atom is 0.274 e. The van der Waals surface area contributed by atoms with Crippen LogP contribution in [0.3, 0.4) is 0 Å². The summed E-state index contributed by atoms with van der Waals surface area (Å²) in [5.74, 6) is -0.911. The third-order valence-electron chi connectivity index (χ3n) is 3.09. The first-order valence-corrected chi connectivity index (χ1v) is 6.33. The van der Waals surface area contributed by atoms with Crippen LogP contribution in [0.25, 0.3) is 10.9 Å². The monoisotopic (exact) mass is 280 g/mol. The van der Waals surface area contributed by atoms with E-state index in [4.69, 9.17) is 0 Å². The van der Waals surface area contributed by atoms with Crippen molar-refractivity contribution < 1.29 is 15.0 Å². The molecule has 0 aliphatic heterocycles. The van der Waals surface area contributed by atoms with Crippen molar-refractivity contribution in [1.29, 1.82) is 0 Å². The van der Waals surface area contributed by atoms with Crippen LogP contribution in [0.5, 0.6) is 11.5 Å². The molecule has 3 aromatic rings. The molecule has 0 radical (unpaired) electrons. The van der Waals surface area contributed by atoms with Crippen LogP contribution in [0.2, 0.25) is 0 Å². The lowest BCUT2D eigenvalue weighted by atomic mass is 10.2. The van der Waals surface area contributed by atoms with Crippen molar-refractivity contribution in [3.05, 3.63) is 60.3 Å². The average molecular weight is 280 g/mol. The maximum atomic E-state index is 12.2. The molecule has 0 aliphatic carbocycles. The zero-order chi connectivity index (χ0) is 14.8. The number of fused-ring (bicyclic) bond motifs is 1. The van der Waals surface area contributed by atoms with Gasteiger partial charge in [-0.15, -0.1) is 0 Å². The summed E-state index contributed by atoms with van der Waals surface area (Å²) < 4.78 is 0. The van der Waals surface area contributed by atoms with Crippen LogP contribution in [-0.4, -0.2) is 21.1 Å². The third kappa shape index (κ3) is 2.49. The molecule has 1 heterocycles. The molecule has 0 aliphatic rings. The lowest BCUT2D eigenvalue weighted by Gasteiger charge is -2.09. The number of hydrogen-bond donors (Lipinski definition) is 3. The van der Waals surface area contributed by atoms with Crippen molar-refractivity contribution in [2.45, 2.75) is 0 Å². The van der Waals surface area contributed by atoms with Crippen molar-refractivity contribution in [3.63, 3.8) is 0 Å². The lowest BCUT2D eigenvalue weighted by Crippen LogP contribution is -2.13. The minimum atomic E-state index is -0.502. The van der Waals surface area contributed by atoms with Gasteiger partial charge in [0.1, 0.15) is 22.9 Å². The van der Waals surface area contributed by atoms with Crippen LogP contribution < -0.4 is 5.32 Å². The highest BCUT2D eigenvalue weighted by Gasteiger charge is 2.13. The molecule has 3 rings (SSSR count). The van der Waals surface area contributed by atoms with Gasteiger partial charge in [-0.25, -0.2) is 4.98 Å². The molecule has 104 valence electrons. The van der Waals surface area contributed by atoms with Crippen molar-refractivity contribution >= 4 is 22.5 Å². The normalized spacial score (nSPS) is 10.5. The predicted octanol–water partition coefficient (Wildman–Crippen LogP) is 2.90. The van der Waals surface area contributed by atoms with Crippen LogP contribution in [0.1, 0.15) is 10.5 Å². The van der Waals surface area contributed by atoms with E-state index in [9.17, 15) is 15.0 Å². The summed E-state index contributed by atoms with van der Waals surface area (Å²) in [5.41, 5.74) is 0.875. The number of amides is 1. The number of aromatic hydroxyl groups is 2. The molecular formula is C16H12N2O3. The van der Waals surface area contributed by atoms with E-state index in [0.29, 0.717) is 5.52 Å². The van der Waals surface area contributed by atoms with Gasteiger partial charge in [-0.3, -0.25) is 4.79 Å². The maximum absolute atomic E-state index is 12.2. The summed E-state index contributed by atoms with van der Waals surface area (Å²) in [4.78, 5) is 16.4. The molecule has 1 aromatic heterocycles. The number of nitrogens with zero attached hydrogens (tertiary/aromatic N) is 1. The Labute approximate surface area is 120 Å². The highest BCUT2D eigenvalue weighted by atomic mass is 16.3. The number of phenols is 2. The summed E-state index contributed by atoms with van der Waals surface area (Å²) in [5, 5.41) is 22.7. The molecule has 0 bridgehead atoms. The first kappa shape index (κ1) is 12.9. The molecule has 21 heavy (non-hydrogen) atoms. The zero-order valence-corrected chi connectivity index (χ0v) is 10.9. The Morgan fingerprint density at radius 1 is 0.905 bits per heavy atom. The highest BCUT2D eigenvalue weighted by molar-refractivity contribution is 6.05.